The molecule has 6 heteroatoms. The Bertz CT molecular complexity index is 498. The third kappa shape index (κ3) is 8.16. The topological polar surface area (TPSA) is 67.4 Å². The lowest BCUT2D eigenvalue weighted by Crippen LogP contribution is -2.26. The summed E-state index contributed by atoms with van der Waals surface area (Å²) < 4.78 is 31.3. The Kier molecular flexibility index (Phi) is 7.88. The molecule has 0 saturated heterocycles. The molecule has 21 heavy (non-hydrogen) atoms. The van der Waals surface area contributed by atoms with Crippen LogP contribution in [-0.4, -0.2) is 34.7 Å². The van der Waals surface area contributed by atoms with Gasteiger partial charge in [0.1, 0.15) is 0 Å². The highest BCUT2D eigenvalue weighted by Gasteiger charge is 2.10. The van der Waals surface area contributed by atoms with Gasteiger partial charge in [-0.15, -0.1) is 0 Å². The molecular formula is C15H26N2O3S. The van der Waals surface area contributed by atoms with Crippen LogP contribution in [0.25, 0.3) is 0 Å². The van der Waals surface area contributed by atoms with Crippen molar-refractivity contribution in [3.05, 3.63) is 35.4 Å². The van der Waals surface area contributed by atoms with Crippen molar-refractivity contribution in [3.63, 3.8) is 0 Å². The number of sulfonamides is 1. The van der Waals surface area contributed by atoms with Crippen LogP contribution in [0.3, 0.4) is 0 Å². The highest BCUT2D eigenvalue weighted by atomic mass is 32.2. The molecule has 0 heterocycles. The van der Waals surface area contributed by atoms with Gasteiger partial charge in [-0.2, -0.15) is 0 Å². The molecule has 0 spiro atoms. The van der Waals surface area contributed by atoms with Crippen LogP contribution in [-0.2, 0) is 27.1 Å². The van der Waals surface area contributed by atoms with Crippen molar-refractivity contribution in [2.45, 2.75) is 38.6 Å². The molecule has 1 rings (SSSR count). The summed E-state index contributed by atoms with van der Waals surface area (Å²) in [6.07, 6.45) is 0.676. The molecule has 5 nitrogen and oxygen atoms in total. The second-order valence-corrected chi connectivity index (χ2v) is 7.16. The van der Waals surface area contributed by atoms with Gasteiger partial charge in [-0.05, 0) is 17.5 Å². The van der Waals surface area contributed by atoms with Gasteiger partial charge in [-0.25, -0.2) is 13.1 Å². The molecule has 120 valence electrons. The van der Waals surface area contributed by atoms with E-state index in [1.807, 2.05) is 24.3 Å². The lowest BCUT2D eigenvalue weighted by Gasteiger charge is -2.09. The van der Waals surface area contributed by atoms with Crippen molar-refractivity contribution in [1.82, 2.24) is 10.0 Å². The van der Waals surface area contributed by atoms with E-state index >= 15 is 0 Å². The van der Waals surface area contributed by atoms with Crippen molar-refractivity contribution in [1.29, 1.82) is 0 Å². The predicted octanol–water partition coefficient (Wildman–Crippen LogP) is 1.64. The first kappa shape index (κ1) is 18.1. The van der Waals surface area contributed by atoms with E-state index in [2.05, 4.69) is 23.9 Å². The van der Waals surface area contributed by atoms with Gasteiger partial charge in [0.25, 0.3) is 0 Å². The van der Waals surface area contributed by atoms with E-state index in [0.717, 1.165) is 17.7 Å². The van der Waals surface area contributed by atoms with E-state index in [4.69, 9.17) is 4.74 Å². The Labute approximate surface area is 128 Å². The third-order valence-corrected chi connectivity index (χ3v) is 4.30. The quantitative estimate of drug-likeness (QED) is 0.644. The molecule has 2 N–H and O–H groups in total. The minimum absolute atomic E-state index is 0.0118. The Morgan fingerprint density at radius 1 is 1.14 bits per heavy atom. The minimum atomic E-state index is -3.27. The molecule has 0 bridgehead atoms. The smallest absolute Gasteiger partial charge is 0.215 e. The summed E-state index contributed by atoms with van der Waals surface area (Å²) in [5.74, 6) is 0.0118. The molecule has 0 unspecified atom stereocenters. The molecule has 0 amide bonds. The van der Waals surface area contributed by atoms with Gasteiger partial charge in [0.15, 0.2) is 0 Å². The SMILES string of the molecule is COCCCNS(=O)(=O)Cc1ccc(CNC(C)C)cc1. The van der Waals surface area contributed by atoms with Crippen LogP contribution in [0.5, 0.6) is 0 Å². The highest BCUT2D eigenvalue weighted by Crippen LogP contribution is 2.08. The van der Waals surface area contributed by atoms with Crippen molar-refractivity contribution in [2.75, 3.05) is 20.3 Å². The summed E-state index contributed by atoms with van der Waals surface area (Å²) in [6, 6.07) is 8.09. The van der Waals surface area contributed by atoms with Gasteiger partial charge in [-0.3, -0.25) is 0 Å². The molecule has 0 saturated carbocycles. The van der Waals surface area contributed by atoms with Crippen LogP contribution < -0.4 is 10.0 Å². The molecular weight excluding hydrogens is 288 g/mol. The maximum atomic E-state index is 11.9. The number of nitrogens with one attached hydrogen (secondary N) is 2. The maximum Gasteiger partial charge on any atom is 0.215 e. The first-order valence-corrected chi connectivity index (χ1v) is 8.85. The first-order chi connectivity index (χ1) is 9.93. The normalized spacial score (nSPS) is 12.0. The van der Waals surface area contributed by atoms with E-state index in [1.54, 1.807) is 7.11 Å². The molecule has 0 fully saturated rings. The van der Waals surface area contributed by atoms with Gasteiger partial charge in [0, 0.05) is 32.8 Å². The molecule has 1 aromatic carbocycles. The molecule has 1 aromatic rings. The number of hydrogen-bond donors (Lipinski definition) is 2. The van der Waals surface area contributed by atoms with Crippen molar-refractivity contribution in [2.24, 2.45) is 0 Å². The Balaban J connectivity index is 2.46. The Morgan fingerprint density at radius 2 is 1.76 bits per heavy atom. The predicted molar refractivity (Wildman–Crippen MR) is 85.5 cm³/mol. The van der Waals surface area contributed by atoms with Crippen LogP contribution in [0.4, 0.5) is 0 Å². The van der Waals surface area contributed by atoms with E-state index in [0.29, 0.717) is 25.6 Å². The third-order valence-electron chi connectivity index (χ3n) is 2.94. The minimum Gasteiger partial charge on any atom is -0.385 e. The van der Waals surface area contributed by atoms with Gasteiger partial charge in [-0.1, -0.05) is 38.1 Å². The second kappa shape index (κ2) is 9.15. The summed E-state index contributed by atoms with van der Waals surface area (Å²) in [7, 11) is -1.67. The molecule has 0 radical (unpaired) electrons. The molecule has 0 aliphatic rings. The summed E-state index contributed by atoms with van der Waals surface area (Å²) in [4.78, 5) is 0. The standard InChI is InChI=1S/C15H26N2O3S/c1-13(2)16-11-14-5-7-15(8-6-14)12-21(18,19)17-9-4-10-20-3/h5-8,13,16-17H,4,9-12H2,1-3H3. The maximum absolute atomic E-state index is 11.9. The fourth-order valence-electron chi connectivity index (χ4n) is 1.79. The molecule has 0 atom stereocenters. The summed E-state index contributed by atoms with van der Waals surface area (Å²) >= 11 is 0. The van der Waals surface area contributed by atoms with E-state index in [-0.39, 0.29) is 5.75 Å². The zero-order chi connectivity index (χ0) is 15.7. The summed E-state index contributed by atoms with van der Waals surface area (Å²) in [6.45, 7) is 5.94. The lowest BCUT2D eigenvalue weighted by molar-refractivity contribution is 0.196. The lowest BCUT2D eigenvalue weighted by atomic mass is 10.1. The van der Waals surface area contributed by atoms with Crippen LogP contribution in [0, 0.1) is 0 Å². The van der Waals surface area contributed by atoms with Gasteiger partial charge >= 0.3 is 0 Å². The van der Waals surface area contributed by atoms with Gasteiger partial charge in [0.2, 0.25) is 10.0 Å². The van der Waals surface area contributed by atoms with Crippen LogP contribution >= 0.6 is 0 Å². The average Bonchev–Trinajstić information content (AvgIpc) is 2.42. The highest BCUT2D eigenvalue weighted by molar-refractivity contribution is 7.88. The fourth-order valence-corrected chi connectivity index (χ4v) is 2.98. The zero-order valence-corrected chi connectivity index (χ0v) is 13.9. The van der Waals surface area contributed by atoms with Crippen molar-refractivity contribution in [3.8, 4) is 0 Å². The summed E-state index contributed by atoms with van der Waals surface area (Å²) in [5.41, 5.74) is 1.94. The largest absolute Gasteiger partial charge is 0.385 e. The zero-order valence-electron chi connectivity index (χ0n) is 13.1. The van der Waals surface area contributed by atoms with Gasteiger partial charge < -0.3 is 10.1 Å². The van der Waals surface area contributed by atoms with Crippen molar-refractivity contribution >= 4 is 10.0 Å². The average molecular weight is 314 g/mol. The number of methoxy groups -OCH3 is 1. The van der Waals surface area contributed by atoms with E-state index < -0.39 is 10.0 Å². The molecule has 0 aromatic heterocycles. The van der Waals surface area contributed by atoms with Crippen LogP contribution in [0.15, 0.2) is 24.3 Å². The van der Waals surface area contributed by atoms with Crippen LogP contribution in [0.2, 0.25) is 0 Å². The second-order valence-electron chi connectivity index (χ2n) is 5.35. The van der Waals surface area contributed by atoms with E-state index in [9.17, 15) is 8.42 Å². The van der Waals surface area contributed by atoms with Crippen LogP contribution in [0.1, 0.15) is 31.4 Å². The van der Waals surface area contributed by atoms with Gasteiger partial charge in [0.05, 0.1) is 5.75 Å². The monoisotopic (exact) mass is 314 g/mol. The first-order valence-electron chi connectivity index (χ1n) is 7.20. The molecule has 0 aliphatic heterocycles. The fraction of sp³-hybridized carbons (Fsp3) is 0.600. The Morgan fingerprint density at radius 3 is 2.33 bits per heavy atom. The number of benzene rings is 1. The number of hydrogen-bond acceptors (Lipinski definition) is 4. The number of ether oxygens (including phenoxy) is 1. The summed E-state index contributed by atoms with van der Waals surface area (Å²) in [5, 5.41) is 3.33. The Hall–Kier alpha value is -0.950. The molecule has 0 aliphatic carbocycles. The number of rotatable bonds is 10. The van der Waals surface area contributed by atoms with Crippen molar-refractivity contribution < 1.29 is 13.2 Å². The van der Waals surface area contributed by atoms with E-state index in [1.165, 1.54) is 0 Å².